The number of hydrogen-bond acceptors (Lipinski definition) is 1. The maximum Gasteiger partial charge on any atom is 0.316 e. The van der Waals surface area contributed by atoms with E-state index in [4.69, 9.17) is 4.43 Å². The van der Waals surface area contributed by atoms with E-state index in [9.17, 15) is 0 Å². The lowest BCUT2D eigenvalue weighted by Crippen LogP contribution is -2.21. The van der Waals surface area contributed by atoms with Crippen molar-refractivity contribution in [2.24, 2.45) is 0 Å². The smallest absolute Gasteiger partial charge is 0.316 e. The molecule has 0 N–H and O–H groups in total. The molecule has 0 radical (unpaired) electrons. The van der Waals surface area contributed by atoms with Gasteiger partial charge >= 0.3 is 23.1 Å². The Bertz CT molecular complexity index is 91.6. The molecule has 0 spiro atoms. The van der Waals surface area contributed by atoms with Crippen LogP contribution in [0.15, 0.2) is 12.7 Å². The zero-order valence-electron chi connectivity index (χ0n) is 5.81. The molecule has 1 nitrogen and oxygen atoms in total. The average molecular weight is 169 g/mol. The van der Waals surface area contributed by atoms with Crippen molar-refractivity contribution in [2.45, 2.75) is 24.9 Å². The Morgan fingerprint density at radius 1 is 1.50 bits per heavy atom. The van der Waals surface area contributed by atoms with Gasteiger partial charge in [0.15, 0.2) is 9.04 Å². The summed E-state index contributed by atoms with van der Waals surface area (Å²) in [5.74, 6) is 0. The maximum atomic E-state index is 5.59. The Kier molecular flexibility index (Phi) is 6.83. The molecule has 10 heavy (non-hydrogen) atoms. The van der Waals surface area contributed by atoms with Gasteiger partial charge in [0.1, 0.15) is 0 Å². The van der Waals surface area contributed by atoms with Gasteiger partial charge in [0.2, 0.25) is 0 Å². The highest BCUT2D eigenvalue weighted by Gasteiger charge is 2.13. The third kappa shape index (κ3) is 3.76. The molecule has 0 bridgehead atoms. The predicted octanol–water partition coefficient (Wildman–Crippen LogP) is 0.790. The van der Waals surface area contributed by atoms with Crippen molar-refractivity contribution in [1.82, 2.24) is 0 Å². The quantitative estimate of drug-likeness (QED) is 0.438. The molecule has 1 aliphatic rings. The first-order valence-electron chi connectivity index (χ1n) is 3.66. The molecule has 0 aliphatic carbocycles. The van der Waals surface area contributed by atoms with Crippen LogP contribution in [0.5, 0.6) is 0 Å². The summed E-state index contributed by atoms with van der Waals surface area (Å²) in [4.78, 5) is 0. The Morgan fingerprint density at radius 3 is 2.80 bits per heavy atom. The average Bonchev–Trinajstić information content (AvgIpc) is 1.91. The molecule has 1 heterocycles. The van der Waals surface area contributed by atoms with Crippen LogP contribution >= 0.6 is 0 Å². The van der Waals surface area contributed by atoms with Crippen LogP contribution in [-0.2, 0) is 4.43 Å². The first kappa shape index (κ1) is 10.7. The molecule has 3 heteroatoms. The van der Waals surface area contributed by atoms with Gasteiger partial charge in [-0.2, -0.15) is 0 Å². The largest absolute Gasteiger partial charge is 0.420 e. The molecular weight excluding hydrogens is 152 g/mol. The van der Waals surface area contributed by atoms with Crippen LogP contribution in [-0.4, -0.2) is 38.7 Å². The van der Waals surface area contributed by atoms with Crippen LogP contribution in [0.1, 0.15) is 12.8 Å². The molecule has 1 fully saturated rings. The van der Waals surface area contributed by atoms with Crippen molar-refractivity contribution in [2.75, 3.05) is 6.61 Å². The number of allylic oxidation sites excluding steroid dienone is 1. The minimum Gasteiger partial charge on any atom is -0.420 e. The van der Waals surface area contributed by atoms with Crippen molar-refractivity contribution in [3.05, 3.63) is 12.7 Å². The summed E-state index contributed by atoms with van der Waals surface area (Å²) < 4.78 is 5.59. The standard InChI is InChI=1S/C7H14OSi.Mg.2H/c1-2-6-9-7-4-3-5-8-9;;;/h2,9H,1,3-7H2;;;. The van der Waals surface area contributed by atoms with Crippen molar-refractivity contribution in [3.8, 4) is 0 Å². The predicted molar refractivity (Wildman–Crippen MR) is 50.7 cm³/mol. The topological polar surface area (TPSA) is 9.23 Å². The van der Waals surface area contributed by atoms with Gasteiger partial charge in [-0.15, -0.1) is 6.58 Å². The maximum absolute atomic E-state index is 5.59. The highest BCUT2D eigenvalue weighted by molar-refractivity contribution is 6.52. The molecule has 1 unspecified atom stereocenters. The monoisotopic (exact) mass is 168 g/mol. The third-order valence-corrected chi connectivity index (χ3v) is 4.32. The minimum atomic E-state index is -0.744. The van der Waals surface area contributed by atoms with Crippen molar-refractivity contribution < 1.29 is 4.43 Å². The molecule has 56 valence electrons. The Balaban J connectivity index is 0.000000810. The second-order valence-corrected chi connectivity index (χ2v) is 5.14. The molecule has 0 aromatic rings. The lowest BCUT2D eigenvalue weighted by Gasteiger charge is -2.19. The Hall–Kier alpha value is 0.683. The Labute approximate surface area is 80.7 Å². The molecule has 0 aromatic carbocycles. The van der Waals surface area contributed by atoms with E-state index in [1.54, 1.807) is 0 Å². The summed E-state index contributed by atoms with van der Waals surface area (Å²) >= 11 is 0. The summed E-state index contributed by atoms with van der Waals surface area (Å²) in [5, 5.41) is 0. The van der Waals surface area contributed by atoms with Gasteiger partial charge < -0.3 is 4.43 Å². The van der Waals surface area contributed by atoms with Crippen LogP contribution in [0.3, 0.4) is 0 Å². The summed E-state index contributed by atoms with van der Waals surface area (Å²) in [6, 6.07) is 2.53. The van der Waals surface area contributed by atoms with E-state index >= 15 is 0 Å². The summed E-state index contributed by atoms with van der Waals surface area (Å²) in [6.07, 6.45) is 4.67. The molecule has 1 saturated heterocycles. The van der Waals surface area contributed by atoms with E-state index in [0.29, 0.717) is 0 Å². The second kappa shape index (κ2) is 6.40. The Morgan fingerprint density at radius 2 is 2.30 bits per heavy atom. The summed E-state index contributed by atoms with van der Waals surface area (Å²) in [6.45, 7) is 4.73. The zero-order valence-corrected chi connectivity index (χ0v) is 6.96. The molecule has 0 saturated carbocycles. The third-order valence-electron chi connectivity index (χ3n) is 1.70. The molecule has 0 amide bonds. The van der Waals surface area contributed by atoms with Crippen LogP contribution in [0.2, 0.25) is 12.1 Å². The van der Waals surface area contributed by atoms with Gasteiger partial charge in [0, 0.05) is 6.61 Å². The fourth-order valence-corrected chi connectivity index (χ4v) is 3.33. The van der Waals surface area contributed by atoms with E-state index in [-0.39, 0.29) is 23.1 Å². The van der Waals surface area contributed by atoms with Gasteiger partial charge in [0.25, 0.3) is 0 Å². The van der Waals surface area contributed by atoms with Gasteiger partial charge in [-0.1, -0.05) is 12.5 Å². The van der Waals surface area contributed by atoms with E-state index in [1.807, 2.05) is 6.08 Å². The van der Waals surface area contributed by atoms with Crippen LogP contribution < -0.4 is 0 Å². The highest BCUT2D eigenvalue weighted by atomic mass is 28.3. The van der Waals surface area contributed by atoms with Gasteiger partial charge in [-0.05, 0) is 18.5 Å². The lowest BCUT2D eigenvalue weighted by molar-refractivity contribution is 0.288. The highest BCUT2D eigenvalue weighted by Crippen LogP contribution is 2.13. The number of hydrogen-bond donors (Lipinski definition) is 0. The van der Waals surface area contributed by atoms with Gasteiger partial charge in [0.05, 0.1) is 0 Å². The van der Waals surface area contributed by atoms with Crippen LogP contribution in [0, 0.1) is 0 Å². The second-order valence-electron chi connectivity index (χ2n) is 2.51. The molecular formula is C7H16MgOSi. The molecule has 0 aromatic heterocycles. The van der Waals surface area contributed by atoms with Gasteiger partial charge in [-0.25, -0.2) is 0 Å². The lowest BCUT2D eigenvalue weighted by atomic mass is 10.4. The fraction of sp³-hybridized carbons (Fsp3) is 0.714. The van der Waals surface area contributed by atoms with E-state index in [0.717, 1.165) is 6.61 Å². The van der Waals surface area contributed by atoms with Crippen molar-refractivity contribution in [1.29, 1.82) is 0 Å². The summed E-state index contributed by atoms with van der Waals surface area (Å²) in [5.41, 5.74) is 0. The normalized spacial score (nSPS) is 25.0. The summed E-state index contributed by atoms with van der Waals surface area (Å²) in [7, 11) is -0.744. The fourth-order valence-electron chi connectivity index (χ4n) is 1.18. The van der Waals surface area contributed by atoms with E-state index in [2.05, 4.69) is 6.58 Å². The molecule has 1 atom stereocenters. The van der Waals surface area contributed by atoms with Crippen LogP contribution in [0.25, 0.3) is 0 Å². The first-order valence-corrected chi connectivity index (χ1v) is 5.76. The minimum absolute atomic E-state index is 0. The van der Waals surface area contributed by atoms with E-state index < -0.39 is 9.04 Å². The number of rotatable bonds is 2. The first-order chi connectivity index (χ1) is 4.43. The SMILES string of the molecule is C=CC[SiH]1CCCCO1.[MgH2]. The molecule has 1 rings (SSSR count). The van der Waals surface area contributed by atoms with Crippen molar-refractivity contribution in [3.63, 3.8) is 0 Å². The van der Waals surface area contributed by atoms with E-state index in [1.165, 1.54) is 24.9 Å². The zero-order chi connectivity index (χ0) is 6.53. The van der Waals surface area contributed by atoms with Crippen molar-refractivity contribution >= 4 is 32.1 Å². The van der Waals surface area contributed by atoms with Crippen LogP contribution in [0.4, 0.5) is 0 Å². The van der Waals surface area contributed by atoms with Gasteiger partial charge in [-0.3, -0.25) is 0 Å². The molecule has 1 aliphatic heterocycles.